The van der Waals surface area contributed by atoms with Gasteiger partial charge >= 0.3 is 12.0 Å². The van der Waals surface area contributed by atoms with Crippen molar-refractivity contribution in [3.05, 3.63) is 5.28 Å². The molecule has 112 valence electrons. The van der Waals surface area contributed by atoms with Gasteiger partial charge in [-0.25, -0.2) is 0 Å². The summed E-state index contributed by atoms with van der Waals surface area (Å²) in [6, 6.07) is 0.414. The van der Waals surface area contributed by atoms with Gasteiger partial charge in [-0.1, -0.05) is 6.92 Å². The lowest BCUT2D eigenvalue weighted by molar-refractivity contribution is -0.0740. The third-order valence-electron chi connectivity index (χ3n) is 2.93. The lowest BCUT2D eigenvalue weighted by Gasteiger charge is -2.31. The highest BCUT2D eigenvalue weighted by atomic mass is 35.5. The van der Waals surface area contributed by atoms with Crippen molar-refractivity contribution < 1.29 is 14.2 Å². The van der Waals surface area contributed by atoms with Crippen LogP contribution in [0.2, 0.25) is 5.28 Å². The number of hydrogen-bond acceptors (Lipinski definition) is 6. The SMILES string of the molecule is CCCOc1nc(Cl)nc(OC2CC(C)OC(C)C2)n1. The van der Waals surface area contributed by atoms with Crippen LogP contribution in [0.5, 0.6) is 12.0 Å². The van der Waals surface area contributed by atoms with Crippen LogP contribution < -0.4 is 9.47 Å². The van der Waals surface area contributed by atoms with E-state index in [0.29, 0.717) is 6.61 Å². The fourth-order valence-corrected chi connectivity index (χ4v) is 2.36. The maximum atomic E-state index is 5.86. The van der Waals surface area contributed by atoms with Gasteiger partial charge in [-0.2, -0.15) is 9.97 Å². The monoisotopic (exact) mass is 301 g/mol. The minimum atomic E-state index is 0.0197. The average molecular weight is 302 g/mol. The van der Waals surface area contributed by atoms with Crippen LogP contribution in [0.25, 0.3) is 0 Å². The number of ether oxygens (including phenoxy) is 3. The van der Waals surface area contributed by atoms with Crippen molar-refractivity contribution in [3.8, 4) is 12.0 Å². The number of rotatable bonds is 5. The Morgan fingerprint density at radius 3 is 2.45 bits per heavy atom. The third kappa shape index (κ3) is 4.45. The van der Waals surface area contributed by atoms with E-state index < -0.39 is 0 Å². The summed E-state index contributed by atoms with van der Waals surface area (Å²) in [6.45, 7) is 6.60. The normalized spacial score (nSPS) is 26.3. The molecule has 1 aromatic rings. The summed E-state index contributed by atoms with van der Waals surface area (Å²) < 4.78 is 16.8. The van der Waals surface area contributed by atoms with E-state index in [-0.39, 0.29) is 35.6 Å². The van der Waals surface area contributed by atoms with Gasteiger partial charge in [-0.05, 0) is 31.9 Å². The van der Waals surface area contributed by atoms with Crippen LogP contribution in [0, 0.1) is 0 Å². The summed E-state index contributed by atoms with van der Waals surface area (Å²) in [7, 11) is 0. The van der Waals surface area contributed by atoms with Crippen molar-refractivity contribution in [1.82, 2.24) is 15.0 Å². The molecule has 20 heavy (non-hydrogen) atoms. The summed E-state index contributed by atoms with van der Waals surface area (Å²) in [5.74, 6) is 0. The molecule has 1 saturated heterocycles. The maximum absolute atomic E-state index is 5.86. The Bertz CT molecular complexity index is 437. The standard InChI is InChI=1S/C13H20ClN3O3/c1-4-5-18-12-15-11(14)16-13(17-12)20-10-6-8(2)19-9(3)7-10/h8-10H,4-7H2,1-3H3. The topological polar surface area (TPSA) is 66.4 Å². The summed E-state index contributed by atoms with van der Waals surface area (Å²) in [6.07, 6.45) is 2.83. The number of nitrogens with zero attached hydrogens (tertiary/aromatic N) is 3. The van der Waals surface area contributed by atoms with Crippen molar-refractivity contribution in [2.45, 2.75) is 58.3 Å². The fraction of sp³-hybridized carbons (Fsp3) is 0.769. The van der Waals surface area contributed by atoms with Crippen LogP contribution in [0.1, 0.15) is 40.0 Å². The van der Waals surface area contributed by atoms with E-state index in [1.54, 1.807) is 0 Å². The molecule has 0 bridgehead atoms. The van der Waals surface area contributed by atoms with E-state index in [1.165, 1.54) is 0 Å². The van der Waals surface area contributed by atoms with Gasteiger partial charge in [0, 0.05) is 12.8 Å². The van der Waals surface area contributed by atoms with E-state index in [1.807, 2.05) is 20.8 Å². The zero-order valence-electron chi connectivity index (χ0n) is 12.0. The molecular formula is C13H20ClN3O3. The van der Waals surface area contributed by atoms with E-state index in [4.69, 9.17) is 25.8 Å². The van der Waals surface area contributed by atoms with E-state index in [9.17, 15) is 0 Å². The van der Waals surface area contributed by atoms with Crippen LogP contribution in [0.4, 0.5) is 0 Å². The molecule has 0 aliphatic carbocycles. The first kappa shape index (κ1) is 15.3. The van der Waals surface area contributed by atoms with Gasteiger partial charge in [0.25, 0.3) is 0 Å². The third-order valence-corrected chi connectivity index (χ3v) is 3.10. The second kappa shape index (κ2) is 7.04. The Hall–Kier alpha value is -1.14. The van der Waals surface area contributed by atoms with Crippen molar-refractivity contribution in [2.24, 2.45) is 0 Å². The smallest absolute Gasteiger partial charge is 0.324 e. The number of aromatic nitrogens is 3. The molecule has 1 aliphatic rings. The zero-order chi connectivity index (χ0) is 14.5. The predicted octanol–water partition coefficient (Wildman–Crippen LogP) is 2.65. The lowest BCUT2D eigenvalue weighted by Crippen LogP contribution is -2.36. The second-order valence-electron chi connectivity index (χ2n) is 4.99. The van der Waals surface area contributed by atoms with Gasteiger partial charge in [-0.15, -0.1) is 4.98 Å². The average Bonchev–Trinajstić information content (AvgIpc) is 2.34. The molecule has 2 unspecified atom stereocenters. The highest BCUT2D eigenvalue weighted by molar-refractivity contribution is 6.28. The van der Waals surface area contributed by atoms with E-state index in [2.05, 4.69) is 15.0 Å². The zero-order valence-corrected chi connectivity index (χ0v) is 12.8. The van der Waals surface area contributed by atoms with Gasteiger partial charge in [0.05, 0.1) is 18.8 Å². The predicted molar refractivity (Wildman–Crippen MR) is 74.3 cm³/mol. The van der Waals surface area contributed by atoms with Crippen LogP contribution in [-0.4, -0.2) is 39.9 Å². The molecule has 1 aliphatic heterocycles. The van der Waals surface area contributed by atoms with Crippen molar-refractivity contribution in [3.63, 3.8) is 0 Å². The molecule has 0 radical (unpaired) electrons. The first-order chi connectivity index (χ1) is 9.56. The largest absolute Gasteiger partial charge is 0.463 e. The highest BCUT2D eigenvalue weighted by Gasteiger charge is 2.26. The molecule has 1 aromatic heterocycles. The van der Waals surface area contributed by atoms with Gasteiger partial charge in [-0.3, -0.25) is 0 Å². The van der Waals surface area contributed by atoms with Crippen LogP contribution in [-0.2, 0) is 4.74 Å². The molecular weight excluding hydrogens is 282 g/mol. The van der Waals surface area contributed by atoms with Gasteiger partial charge in [0.2, 0.25) is 5.28 Å². The molecule has 2 atom stereocenters. The Morgan fingerprint density at radius 2 is 1.80 bits per heavy atom. The second-order valence-corrected chi connectivity index (χ2v) is 5.32. The van der Waals surface area contributed by atoms with Crippen LogP contribution in [0.15, 0.2) is 0 Å². The Kier molecular flexibility index (Phi) is 5.37. The quantitative estimate of drug-likeness (QED) is 0.833. The minimum Gasteiger partial charge on any atom is -0.463 e. The molecule has 2 heterocycles. The molecule has 0 N–H and O–H groups in total. The molecule has 1 fully saturated rings. The van der Waals surface area contributed by atoms with E-state index >= 15 is 0 Å². The summed E-state index contributed by atoms with van der Waals surface area (Å²) in [5, 5.41) is 0.0780. The number of halogens is 1. The highest BCUT2D eigenvalue weighted by Crippen LogP contribution is 2.23. The molecule has 0 spiro atoms. The van der Waals surface area contributed by atoms with Crippen molar-refractivity contribution in [2.75, 3.05) is 6.61 Å². The summed E-state index contributed by atoms with van der Waals surface area (Å²) in [5.41, 5.74) is 0. The summed E-state index contributed by atoms with van der Waals surface area (Å²) >= 11 is 5.86. The first-order valence-electron chi connectivity index (χ1n) is 6.93. The van der Waals surface area contributed by atoms with Gasteiger partial charge in [0.1, 0.15) is 6.10 Å². The maximum Gasteiger partial charge on any atom is 0.324 e. The van der Waals surface area contributed by atoms with Crippen LogP contribution >= 0.6 is 11.6 Å². The fourth-order valence-electron chi connectivity index (χ4n) is 2.21. The van der Waals surface area contributed by atoms with Gasteiger partial charge in [0.15, 0.2) is 0 Å². The van der Waals surface area contributed by atoms with Crippen molar-refractivity contribution >= 4 is 11.6 Å². The molecule has 7 heteroatoms. The number of hydrogen-bond donors (Lipinski definition) is 0. The molecule has 0 saturated carbocycles. The lowest BCUT2D eigenvalue weighted by atomic mass is 10.0. The molecule has 2 rings (SSSR count). The Labute approximate surface area is 123 Å². The van der Waals surface area contributed by atoms with Gasteiger partial charge < -0.3 is 14.2 Å². The molecule has 0 amide bonds. The van der Waals surface area contributed by atoms with E-state index in [0.717, 1.165) is 19.3 Å². The molecule has 0 aromatic carbocycles. The Morgan fingerprint density at radius 1 is 1.15 bits per heavy atom. The molecule has 6 nitrogen and oxygen atoms in total. The minimum absolute atomic E-state index is 0.0197. The summed E-state index contributed by atoms with van der Waals surface area (Å²) in [4.78, 5) is 12.0. The van der Waals surface area contributed by atoms with Crippen LogP contribution in [0.3, 0.4) is 0 Å². The van der Waals surface area contributed by atoms with Crippen molar-refractivity contribution in [1.29, 1.82) is 0 Å². The first-order valence-corrected chi connectivity index (χ1v) is 7.31. The Balaban J connectivity index is 2.02.